The number of anilines is 1. The van der Waals surface area contributed by atoms with E-state index in [0.29, 0.717) is 5.69 Å². The molecular weight excluding hydrogens is 265 g/mol. The summed E-state index contributed by atoms with van der Waals surface area (Å²) < 4.78 is 40.4. The number of hydrogen-bond acceptors (Lipinski definition) is 5. The zero-order valence-electron chi connectivity index (χ0n) is 10.3. The molecule has 6 nitrogen and oxygen atoms in total. The summed E-state index contributed by atoms with van der Waals surface area (Å²) in [5, 5.41) is 4.24. The molecule has 0 aliphatic heterocycles. The molecule has 2 N–H and O–H groups in total. The van der Waals surface area contributed by atoms with Crippen LogP contribution in [0.25, 0.3) is 0 Å². The van der Waals surface area contributed by atoms with E-state index in [0.717, 1.165) is 0 Å². The number of aromatic nitrogens is 2. The van der Waals surface area contributed by atoms with Crippen LogP contribution in [0.4, 0.5) is 19.1 Å². The van der Waals surface area contributed by atoms with Crippen LogP contribution in [-0.2, 0) is 4.79 Å². The summed E-state index contributed by atoms with van der Waals surface area (Å²) in [7, 11) is 1.40. The first-order valence-corrected chi connectivity index (χ1v) is 5.27. The summed E-state index contributed by atoms with van der Waals surface area (Å²) in [6, 6.07) is 1.55. The Morgan fingerprint density at radius 1 is 1.42 bits per heavy atom. The Bertz CT molecular complexity index is 451. The van der Waals surface area contributed by atoms with Crippen LogP contribution >= 0.6 is 0 Å². The molecule has 0 aromatic carbocycles. The van der Waals surface area contributed by atoms with E-state index in [2.05, 4.69) is 15.3 Å². The quantitative estimate of drug-likeness (QED) is 0.836. The lowest BCUT2D eigenvalue weighted by atomic mass is 10.4. The molecule has 0 radical (unpaired) electrons. The predicted octanol–water partition coefficient (Wildman–Crippen LogP) is 0.884. The van der Waals surface area contributed by atoms with Gasteiger partial charge in [0.2, 0.25) is 17.7 Å². The molecule has 19 heavy (non-hydrogen) atoms. The lowest BCUT2D eigenvalue weighted by molar-refractivity contribution is -0.126. The minimum absolute atomic E-state index is 0.0179. The first-order chi connectivity index (χ1) is 8.80. The molecule has 9 heteroatoms. The van der Waals surface area contributed by atoms with Gasteiger partial charge in [-0.1, -0.05) is 0 Å². The second-order valence-corrected chi connectivity index (χ2v) is 3.64. The Morgan fingerprint density at radius 3 is 2.68 bits per heavy atom. The Hall–Kier alpha value is -1.90. The van der Waals surface area contributed by atoms with Crippen LogP contribution in [-0.4, -0.2) is 42.3 Å². The van der Waals surface area contributed by atoms with E-state index in [4.69, 9.17) is 4.74 Å². The molecule has 0 saturated carbocycles. The smallest absolute Gasteiger partial charge is 0.401 e. The molecule has 0 saturated heterocycles. The fourth-order valence-electron chi connectivity index (χ4n) is 1.19. The molecule has 0 atom stereocenters. The highest BCUT2D eigenvalue weighted by Gasteiger charge is 2.26. The van der Waals surface area contributed by atoms with E-state index in [1.165, 1.54) is 7.11 Å². The van der Waals surface area contributed by atoms with Crippen molar-refractivity contribution in [2.24, 2.45) is 0 Å². The van der Waals surface area contributed by atoms with Gasteiger partial charge in [0.05, 0.1) is 20.2 Å². The number of halogens is 3. The van der Waals surface area contributed by atoms with Crippen LogP contribution in [0, 0.1) is 6.92 Å². The molecule has 1 aromatic rings. The van der Waals surface area contributed by atoms with E-state index in [1.807, 2.05) is 5.32 Å². The number of carbonyl (C=O) groups is 1. The van der Waals surface area contributed by atoms with Crippen molar-refractivity contribution < 1.29 is 22.7 Å². The lowest BCUT2D eigenvalue weighted by Crippen LogP contribution is -2.35. The third-order valence-electron chi connectivity index (χ3n) is 1.90. The molecule has 1 rings (SSSR count). The Kier molecular flexibility index (Phi) is 5.04. The van der Waals surface area contributed by atoms with Crippen molar-refractivity contribution in [1.29, 1.82) is 0 Å². The van der Waals surface area contributed by atoms with Gasteiger partial charge in [0.15, 0.2) is 0 Å². The van der Waals surface area contributed by atoms with Gasteiger partial charge in [-0.15, -0.1) is 0 Å². The highest BCUT2D eigenvalue weighted by atomic mass is 19.4. The number of nitrogens with one attached hydrogen (secondary N) is 2. The fraction of sp³-hybridized carbons (Fsp3) is 0.500. The molecule has 1 amide bonds. The number of rotatable bonds is 5. The number of hydrogen-bond donors (Lipinski definition) is 2. The number of aryl methyl sites for hydroxylation is 1. The van der Waals surface area contributed by atoms with Gasteiger partial charge < -0.3 is 10.1 Å². The zero-order valence-corrected chi connectivity index (χ0v) is 10.3. The average molecular weight is 278 g/mol. The minimum atomic E-state index is -4.36. The highest BCUT2D eigenvalue weighted by molar-refractivity contribution is 5.90. The van der Waals surface area contributed by atoms with Crippen LogP contribution in [0.15, 0.2) is 6.07 Å². The minimum Gasteiger partial charge on any atom is -0.481 e. The monoisotopic (exact) mass is 278 g/mol. The van der Waals surface area contributed by atoms with E-state index in [-0.39, 0.29) is 11.8 Å². The summed E-state index contributed by atoms with van der Waals surface area (Å²) in [6.45, 7) is -0.0562. The SMILES string of the molecule is COc1cc(C)nc(NC(=O)CNCC(F)(F)F)n1. The number of methoxy groups -OCH3 is 1. The molecule has 1 heterocycles. The summed E-state index contributed by atoms with van der Waals surface area (Å²) in [5.74, 6) is -0.432. The summed E-state index contributed by atoms with van der Waals surface area (Å²) in [5.41, 5.74) is 0.561. The van der Waals surface area contributed by atoms with Gasteiger partial charge in [-0.05, 0) is 6.92 Å². The molecule has 1 aromatic heterocycles. The number of alkyl halides is 3. The molecule has 0 bridgehead atoms. The van der Waals surface area contributed by atoms with Crippen molar-refractivity contribution in [3.63, 3.8) is 0 Å². The molecule has 0 fully saturated rings. The first kappa shape index (κ1) is 15.2. The predicted molar refractivity (Wildman–Crippen MR) is 60.9 cm³/mol. The Labute approximate surface area is 107 Å². The second-order valence-electron chi connectivity index (χ2n) is 3.64. The van der Waals surface area contributed by atoms with Crippen molar-refractivity contribution in [3.05, 3.63) is 11.8 Å². The maximum Gasteiger partial charge on any atom is 0.401 e. The molecule has 0 aliphatic rings. The number of ether oxygens (including phenoxy) is 1. The van der Waals surface area contributed by atoms with Crippen LogP contribution in [0.2, 0.25) is 0 Å². The molecule has 0 aliphatic carbocycles. The van der Waals surface area contributed by atoms with Gasteiger partial charge in [-0.25, -0.2) is 4.98 Å². The lowest BCUT2D eigenvalue weighted by Gasteiger charge is -2.09. The standard InChI is InChI=1S/C10H13F3N4O2/c1-6-3-8(19-2)17-9(15-6)16-7(18)4-14-5-10(11,12)13/h3,14H,4-5H2,1-2H3,(H,15,16,17,18). The molecule has 0 unspecified atom stereocenters. The first-order valence-electron chi connectivity index (χ1n) is 5.27. The van der Waals surface area contributed by atoms with Crippen molar-refractivity contribution in [2.75, 3.05) is 25.5 Å². The normalized spacial score (nSPS) is 11.2. The van der Waals surface area contributed by atoms with Crippen LogP contribution in [0.3, 0.4) is 0 Å². The topological polar surface area (TPSA) is 76.1 Å². The summed E-state index contributed by atoms with van der Waals surface area (Å²) in [6.07, 6.45) is -4.36. The fourth-order valence-corrected chi connectivity index (χ4v) is 1.19. The third-order valence-corrected chi connectivity index (χ3v) is 1.90. The van der Waals surface area contributed by atoms with Crippen LogP contribution < -0.4 is 15.4 Å². The maximum atomic E-state index is 11.8. The number of amides is 1. The van der Waals surface area contributed by atoms with Gasteiger partial charge in [0, 0.05) is 11.8 Å². The largest absolute Gasteiger partial charge is 0.481 e. The second kappa shape index (κ2) is 6.32. The molecule has 0 spiro atoms. The highest BCUT2D eigenvalue weighted by Crippen LogP contribution is 2.12. The van der Waals surface area contributed by atoms with Gasteiger partial charge in [-0.3, -0.25) is 10.1 Å². The number of carbonyl (C=O) groups excluding carboxylic acids is 1. The average Bonchev–Trinajstić information content (AvgIpc) is 2.26. The van der Waals surface area contributed by atoms with Gasteiger partial charge in [-0.2, -0.15) is 18.2 Å². The van der Waals surface area contributed by atoms with E-state index < -0.39 is 25.2 Å². The van der Waals surface area contributed by atoms with Crippen molar-refractivity contribution in [2.45, 2.75) is 13.1 Å². The zero-order chi connectivity index (χ0) is 14.5. The Balaban J connectivity index is 2.50. The molecule has 106 valence electrons. The Morgan fingerprint density at radius 2 is 2.11 bits per heavy atom. The van der Waals surface area contributed by atoms with Crippen LogP contribution in [0.5, 0.6) is 5.88 Å². The van der Waals surface area contributed by atoms with E-state index >= 15 is 0 Å². The van der Waals surface area contributed by atoms with Gasteiger partial charge >= 0.3 is 6.18 Å². The van der Waals surface area contributed by atoms with Crippen LogP contribution in [0.1, 0.15) is 5.69 Å². The maximum absolute atomic E-state index is 11.8. The van der Waals surface area contributed by atoms with Crippen molar-refractivity contribution in [1.82, 2.24) is 15.3 Å². The number of nitrogens with zero attached hydrogens (tertiary/aromatic N) is 2. The van der Waals surface area contributed by atoms with Crippen molar-refractivity contribution in [3.8, 4) is 5.88 Å². The summed E-state index contributed by atoms with van der Waals surface area (Å²) in [4.78, 5) is 19.1. The third kappa shape index (κ3) is 6.00. The molecular formula is C10H13F3N4O2. The summed E-state index contributed by atoms with van der Waals surface area (Å²) >= 11 is 0. The van der Waals surface area contributed by atoms with E-state index in [9.17, 15) is 18.0 Å². The van der Waals surface area contributed by atoms with Crippen molar-refractivity contribution >= 4 is 11.9 Å². The van der Waals surface area contributed by atoms with Gasteiger partial charge in [0.25, 0.3) is 0 Å². The van der Waals surface area contributed by atoms with Gasteiger partial charge in [0.1, 0.15) is 0 Å². The van der Waals surface area contributed by atoms with E-state index in [1.54, 1.807) is 13.0 Å².